The number of hydrogen-bond donors (Lipinski definition) is 3. The smallest absolute Gasteiger partial charge is 0.241 e. The second-order valence-electron chi connectivity index (χ2n) is 5.05. The van der Waals surface area contributed by atoms with Gasteiger partial charge in [-0.2, -0.15) is 4.72 Å². The fourth-order valence-electron chi connectivity index (χ4n) is 1.46. The molecule has 6 nitrogen and oxygen atoms in total. The van der Waals surface area contributed by atoms with Gasteiger partial charge in [0.1, 0.15) is 0 Å². The van der Waals surface area contributed by atoms with E-state index < -0.39 is 16.1 Å². The van der Waals surface area contributed by atoms with Crippen LogP contribution in [0.25, 0.3) is 0 Å². The molecule has 1 aromatic carbocycles. The Labute approximate surface area is 119 Å². The topological polar surface area (TPSA) is 101 Å². The van der Waals surface area contributed by atoms with Gasteiger partial charge in [-0.1, -0.05) is 13.8 Å². The van der Waals surface area contributed by atoms with Crippen molar-refractivity contribution in [2.75, 3.05) is 12.3 Å². The molecule has 0 aliphatic heterocycles. The lowest BCUT2D eigenvalue weighted by Crippen LogP contribution is -2.45. The summed E-state index contributed by atoms with van der Waals surface area (Å²) in [5.41, 5.74) is 5.99. The van der Waals surface area contributed by atoms with Gasteiger partial charge in [-0.3, -0.25) is 4.79 Å². The predicted molar refractivity (Wildman–Crippen MR) is 78.5 cm³/mol. The molecule has 4 N–H and O–H groups in total. The van der Waals surface area contributed by atoms with E-state index in [0.29, 0.717) is 18.2 Å². The molecule has 1 amide bonds. The van der Waals surface area contributed by atoms with Crippen molar-refractivity contribution in [3.8, 4) is 0 Å². The summed E-state index contributed by atoms with van der Waals surface area (Å²) in [4.78, 5) is 11.8. The Morgan fingerprint density at radius 2 is 1.75 bits per heavy atom. The number of nitrogens with one attached hydrogen (secondary N) is 2. The highest BCUT2D eigenvalue weighted by atomic mass is 32.2. The third kappa shape index (κ3) is 4.82. The van der Waals surface area contributed by atoms with Gasteiger partial charge >= 0.3 is 0 Å². The van der Waals surface area contributed by atoms with Crippen LogP contribution in [0.15, 0.2) is 29.2 Å². The third-order valence-corrected chi connectivity index (χ3v) is 4.16. The molecule has 0 aliphatic carbocycles. The second kappa shape index (κ2) is 6.71. The van der Waals surface area contributed by atoms with Crippen molar-refractivity contribution >= 4 is 21.6 Å². The molecule has 1 unspecified atom stereocenters. The Morgan fingerprint density at radius 3 is 2.25 bits per heavy atom. The van der Waals surface area contributed by atoms with Gasteiger partial charge < -0.3 is 11.1 Å². The average Bonchev–Trinajstić information content (AvgIpc) is 2.35. The zero-order valence-corrected chi connectivity index (χ0v) is 12.7. The zero-order valence-electron chi connectivity index (χ0n) is 11.9. The number of carbonyl (C=O) groups is 1. The molecular weight excluding hydrogens is 278 g/mol. The molecule has 7 heteroatoms. The number of amides is 1. The molecule has 0 radical (unpaired) electrons. The number of nitrogens with two attached hydrogens (primary N) is 1. The maximum absolute atomic E-state index is 12.1. The van der Waals surface area contributed by atoms with Gasteiger partial charge in [0.2, 0.25) is 15.9 Å². The van der Waals surface area contributed by atoms with E-state index in [1.807, 2.05) is 13.8 Å². The van der Waals surface area contributed by atoms with Crippen LogP contribution in [0.3, 0.4) is 0 Å². The van der Waals surface area contributed by atoms with Gasteiger partial charge in [0.15, 0.2) is 0 Å². The summed E-state index contributed by atoms with van der Waals surface area (Å²) in [5.74, 6) is -0.0439. The Kier molecular flexibility index (Phi) is 5.52. The standard InChI is InChI=1S/C13H21N3O3S/c1-9(2)8-15-13(17)10(3)16-20(18,19)12-6-4-11(14)5-7-12/h4-7,9-10,16H,8,14H2,1-3H3,(H,15,17). The van der Waals surface area contributed by atoms with E-state index in [-0.39, 0.29) is 10.8 Å². The first-order valence-corrected chi connectivity index (χ1v) is 7.86. The van der Waals surface area contributed by atoms with Crippen molar-refractivity contribution in [3.05, 3.63) is 24.3 Å². The number of hydrogen-bond acceptors (Lipinski definition) is 4. The second-order valence-corrected chi connectivity index (χ2v) is 6.76. The number of nitrogen functional groups attached to an aromatic ring is 1. The lowest BCUT2D eigenvalue weighted by Gasteiger charge is -2.15. The van der Waals surface area contributed by atoms with Crippen molar-refractivity contribution in [3.63, 3.8) is 0 Å². The Balaban J connectivity index is 2.70. The largest absolute Gasteiger partial charge is 0.399 e. The molecule has 0 heterocycles. The first kappa shape index (κ1) is 16.5. The summed E-state index contributed by atoms with van der Waals surface area (Å²) in [6.07, 6.45) is 0. The molecule has 0 saturated heterocycles. The van der Waals surface area contributed by atoms with E-state index in [0.717, 1.165) is 0 Å². The molecule has 1 atom stereocenters. The number of anilines is 1. The lowest BCUT2D eigenvalue weighted by molar-refractivity contribution is -0.122. The number of carbonyl (C=O) groups excluding carboxylic acids is 1. The maximum Gasteiger partial charge on any atom is 0.241 e. The van der Waals surface area contributed by atoms with Gasteiger partial charge in [-0.05, 0) is 37.1 Å². The maximum atomic E-state index is 12.1. The Bertz CT molecular complexity index is 553. The Hall–Kier alpha value is -1.60. The lowest BCUT2D eigenvalue weighted by atomic mass is 10.2. The van der Waals surface area contributed by atoms with Gasteiger partial charge in [0.25, 0.3) is 0 Å². The van der Waals surface area contributed by atoms with Crippen LogP contribution >= 0.6 is 0 Å². The van der Waals surface area contributed by atoms with Crippen molar-refractivity contribution in [1.82, 2.24) is 10.0 Å². The van der Waals surface area contributed by atoms with E-state index in [2.05, 4.69) is 10.0 Å². The minimum atomic E-state index is -3.73. The molecular formula is C13H21N3O3S. The average molecular weight is 299 g/mol. The molecule has 1 rings (SSSR count). The van der Waals surface area contributed by atoms with Crippen LogP contribution in [-0.4, -0.2) is 26.9 Å². The fraction of sp³-hybridized carbons (Fsp3) is 0.462. The van der Waals surface area contributed by atoms with Gasteiger partial charge in [0, 0.05) is 12.2 Å². The molecule has 112 valence electrons. The Morgan fingerprint density at radius 1 is 1.20 bits per heavy atom. The minimum Gasteiger partial charge on any atom is -0.399 e. The summed E-state index contributed by atoms with van der Waals surface area (Å²) in [5, 5.41) is 2.68. The highest BCUT2D eigenvalue weighted by molar-refractivity contribution is 7.89. The van der Waals surface area contributed by atoms with Crippen molar-refractivity contribution < 1.29 is 13.2 Å². The van der Waals surface area contributed by atoms with Crippen LogP contribution in [0.2, 0.25) is 0 Å². The molecule has 1 aromatic rings. The van der Waals surface area contributed by atoms with Crippen molar-refractivity contribution in [2.45, 2.75) is 31.7 Å². The molecule has 0 saturated carbocycles. The van der Waals surface area contributed by atoms with E-state index in [1.54, 1.807) is 0 Å². The molecule has 0 fully saturated rings. The highest BCUT2D eigenvalue weighted by Crippen LogP contribution is 2.11. The van der Waals surface area contributed by atoms with E-state index in [4.69, 9.17) is 5.73 Å². The van der Waals surface area contributed by atoms with Crippen LogP contribution < -0.4 is 15.8 Å². The number of rotatable bonds is 6. The summed E-state index contributed by atoms with van der Waals surface area (Å²) in [6, 6.07) is 4.96. The highest BCUT2D eigenvalue weighted by Gasteiger charge is 2.21. The van der Waals surface area contributed by atoms with E-state index in [9.17, 15) is 13.2 Å². The van der Waals surface area contributed by atoms with Crippen molar-refractivity contribution in [2.24, 2.45) is 5.92 Å². The van der Waals surface area contributed by atoms with Crippen LogP contribution in [0.1, 0.15) is 20.8 Å². The van der Waals surface area contributed by atoms with Crippen LogP contribution in [-0.2, 0) is 14.8 Å². The quantitative estimate of drug-likeness (QED) is 0.673. The van der Waals surface area contributed by atoms with Gasteiger partial charge in [0.05, 0.1) is 10.9 Å². The van der Waals surface area contributed by atoms with Crippen LogP contribution in [0, 0.1) is 5.92 Å². The minimum absolute atomic E-state index is 0.0789. The molecule has 0 aliphatic rings. The first-order chi connectivity index (χ1) is 9.22. The summed E-state index contributed by atoms with van der Waals surface area (Å²) in [6.45, 7) is 5.93. The molecule has 0 bridgehead atoms. The van der Waals surface area contributed by atoms with Crippen molar-refractivity contribution in [1.29, 1.82) is 0 Å². The summed E-state index contributed by atoms with van der Waals surface area (Å²) < 4.78 is 26.5. The first-order valence-electron chi connectivity index (χ1n) is 6.38. The normalized spacial score (nSPS) is 13.2. The molecule has 20 heavy (non-hydrogen) atoms. The SMILES string of the molecule is CC(C)CNC(=O)C(C)NS(=O)(=O)c1ccc(N)cc1. The van der Waals surface area contributed by atoms with Gasteiger partial charge in [-0.25, -0.2) is 8.42 Å². The number of sulfonamides is 1. The number of benzene rings is 1. The molecule has 0 aromatic heterocycles. The van der Waals surface area contributed by atoms with Gasteiger partial charge in [-0.15, -0.1) is 0 Å². The fourth-order valence-corrected chi connectivity index (χ4v) is 2.66. The predicted octanol–water partition coefficient (Wildman–Crippen LogP) is 0.708. The summed E-state index contributed by atoms with van der Waals surface area (Å²) in [7, 11) is -3.73. The third-order valence-electron chi connectivity index (χ3n) is 2.60. The van der Waals surface area contributed by atoms with E-state index in [1.165, 1.54) is 31.2 Å². The summed E-state index contributed by atoms with van der Waals surface area (Å²) >= 11 is 0. The van der Waals surface area contributed by atoms with Crippen LogP contribution in [0.5, 0.6) is 0 Å². The zero-order chi connectivity index (χ0) is 15.3. The van der Waals surface area contributed by atoms with Crippen LogP contribution in [0.4, 0.5) is 5.69 Å². The van der Waals surface area contributed by atoms with E-state index >= 15 is 0 Å². The molecule has 0 spiro atoms. The monoisotopic (exact) mass is 299 g/mol.